The van der Waals surface area contributed by atoms with Crippen LogP contribution in [0.5, 0.6) is 0 Å². The molecule has 1 saturated carbocycles. The Morgan fingerprint density at radius 2 is 2.00 bits per heavy atom. The van der Waals surface area contributed by atoms with Crippen LogP contribution in [-0.2, 0) is 9.53 Å². The number of benzene rings is 1. The van der Waals surface area contributed by atoms with Crippen LogP contribution in [0.3, 0.4) is 0 Å². The third-order valence-electron chi connectivity index (χ3n) is 4.58. The number of nitrogens with zero attached hydrogens (tertiary/aromatic N) is 3. The van der Waals surface area contributed by atoms with Crippen LogP contribution in [0.15, 0.2) is 36.9 Å². The van der Waals surface area contributed by atoms with Crippen molar-refractivity contribution in [3.05, 3.63) is 42.5 Å². The van der Waals surface area contributed by atoms with Crippen LogP contribution in [0.1, 0.15) is 43.0 Å². The Morgan fingerprint density at radius 3 is 2.68 bits per heavy atom. The quantitative estimate of drug-likeness (QED) is 0.841. The molecule has 2 atom stereocenters. The number of aromatic nitrogens is 3. The maximum absolute atomic E-state index is 12.1. The second-order valence-corrected chi connectivity index (χ2v) is 6.40. The fourth-order valence-electron chi connectivity index (χ4n) is 3.09. The third kappa shape index (κ3) is 4.43. The SMILES string of the molecule is C[C@@H]1CCCC[C@H]1NC(=O)COC(=O)c1ccc(-n2cncn2)cc1. The van der Waals surface area contributed by atoms with Crippen LogP contribution in [0, 0.1) is 5.92 Å². The van der Waals surface area contributed by atoms with E-state index in [1.54, 1.807) is 35.3 Å². The van der Waals surface area contributed by atoms with Crippen molar-refractivity contribution in [3.8, 4) is 5.69 Å². The number of amides is 1. The molecule has 0 aliphatic heterocycles. The van der Waals surface area contributed by atoms with Crippen LogP contribution in [0.4, 0.5) is 0 Å². The Hall–Kier alpha value is -2.70. The Kier molecular flexibility index (Phi) is 5.42. The molecule has 1 fully saturated rings. The van der Waals surface area contributed by atoms with Crippen molar-refractivity contribution in [1.29, 1.82) is 0 Å². The van der Waals surface area contributed by atoms with Crippen molar-refractivity contribution in [2.75, 3.05) is 6.61 Å². The van der Waals surface area contributed by atoms with Crippen molar-refractivity contribution in [3.63, 3.8) is 0 Å². The van der Waals surface area contributed by atoms with Gasteiger partial charge in [0.05, 0.1) is 11.3 Å². The highest BCUT2D eigenvalue weighted by atomic mass is 16.5. The van der Waals surface area contributed by atoms with Crippen molar-refractivity contribution in [1.82, 2.24) is 20.1 Å². The molecule has 1 aromatic carbocycles. The van der Waals surface area contributed by atoms with Crippen LogP contribution >= 0.6 is 0 Å². The minimum Gasteiger partial charge on any atom is -0.452 e. The molecule has 1 aliphatic rings. The summed E-state index contributed by atoms with van der Waals surface area (Å²) in [5.41, 5.74) is 1.18. The van der Waals surface area contributed by atoms with Gasteiger partial charge in [-0.05, 0) is 43.0 Å². The van der Waals surface area contributed by atoms with Gasteiger partial charge in [0.2, 0.25) is 0 Å². The number of hydrogen-bond donors (Lipinski definition) is 1. The second kappa shape index (κ2) is 7.92. The van der Waals surface area contributed by atoms with Crippen molar-refractivity contribution in [2.45, 2.75) is 38.6 Å². The molecule has 0 unspecified atom stereocenters. The minimum absolute atomic E-state index is 0.182. The van der Waals surface area contributed by atoms with Gasteiger partial charge < -0.3 is 10.1 Å². The van der Waals surface area contributed by atoms with E-state index in [2.05, 4.69) is 22.3 Å². The highest BCUT2D eigenvalue weighted by Gasteiger charge is 2.23. The lowest BCUT2D eigenvalue weighted by Crippen LogP contribution is -2.42. The molecule has 1 aliphatic carbocycles. The van der Waals surface area contributed by atoms with Gasteiger partial charge in [-0.2, -0.15) is 5.10 Å². The number of nitrogens with one attached hydrogen (secondary N) is 1. The molecule has 1 amide bonds. The summed E-state index contributed by atoms with van der Waals surface area (Å²) in [7, 11) is 0. The van der Waals surface area contributed by atoms with Crippen molar-refractivity contribution >= 4 is 11.9 Å². The van der Waals surface area contributed by atoms with E-state index in [1.165, 1.54) is 12.7 Å². The zero-order valence-corrected chi connectivity index (χ0v) is 14.2. The van der Waals surface area contributed by atoms with E-state index >= 15 is 0 Å². The van der Waals surface area contributed by atoms with Crippen LogP contribution < -0.4 is 5.32 Å². The number of ether oxygens (including phenoxy) is 1. The fourth-order valence-corrected chi connectivity index (χ4v) is 3.09. The summed E-state index contributed by atoms with van der Waals surface area (Å²) in [5.74, 6) is -0.291. The van der Waals surface area contributed by atoms with E-state index in [4.69, 9.17) is 4.74 Å². The Balaban J connectivity index is 1.49. The molecule has 3 rings (SSSR count). The summed E-state index contributed by atoms with van der Waals surface area (Å²) in [5, 5.41) is 6.99. The number of carbonyl (C=O) groups excluding carboxylic acids is 2. The van der Waals surface area contributed by atoms with E-state index in [1.807, 2.05) is 0 Å². The summed E-state index contributed by atoms with van der Waals surface area (Å²) < 4.78 is 6.70. The van der Waals surface area contributed by atoms with Gasteiger partial charge >= 0.3 is 5.97 Å². The molecule has 7 heteroatoms. The lowest BCUT2D eigenvalue weighted by atomic mass is 9.86. The smallest absolute Gasteiger partial charge is 0.338 e. The molecule has 0 saturated heterocycles. The van der Waals surface area contributed by atoms with Gasteiger partial charge in [0.25, 0.3) is 5.91 Å². The van der Waals surface area contributed by atoms with Gasteiger partial charge in [0.1, 0.15) is 12.7 Å². The van der Waals surface area contributed by atoms with Gasteiger partial charge in [0.15, 0.2) is 6.61 Å². The molecule has 7 nitrogen and oxygen atoms in total. The van der Waals surface area contributed by atoms with Crippen LogP contribution in [0.2, 0.25) is 0 Å². The molecular formula is C18H22N4O3. The number of hydrogen-bond acceptors (Lipinski definition) is 5. The van der Waals surface area contributed by atoms with Gasteiger partial charge in [-0.1, -0.05) is 19.8 Å². The van der Waals surface area contributed by atoms with Crippen molar-refractivity contribution in [2.24, 2.45) is 5.92 Å². The summed E-state index contributed by atoms with van der Waals surface area (Å²) in [6.45, 7) is 1.89. The minimum atomic E-state index is -0.517. The predicted octanol–water partition coefficient (Wildman–Crippen LogP) is 2.12. The van der Waals surface area contributed by atoms with Crippen LogP contribution in [0.25, 0.3) is 5.69 Å². The lowest BCUT2D eigenvalue weighted by molar-refractivity contribution is -0.125. The summed E-state index contributed by atoms with van der Waals surface area (Å²) in [4.78, 5) is 27.9. The molecule has 0 spiro atoms. The zero-order chi connectivity index (χ0) is 17.6. The Bertz CT molecular complexity index is 712. The zero-order valence-electron chi connectivity index (χ0n) is 14.2. The fraction of sp³-hybridized carbons (Fsp3) is 0.444. The van der Waals surface area contributed by atoms with E-state index in [-0.39, 0.29) is 18.6 Å². The third-order valence-corrected chi connectivity index (χ3v) is 4.58. The molecular weight excluding hydrogens is 320 g/mol. The van der Waals surface area contributed by atoms with Crippen molar-refractivity contribution < 1.29 is 14.3 Å². The normalized spacial score (nSPS) is 20.0. The number of rotatable bonds is 5. The lowest BCUT2D eigenvalue weighted by Gasteiger charge is -2.29. The van der Waals surface area contributed by atoms with Crippen LogP contribution in [-0.4, -0.2) is 39.3 Å². The van der Waals surface area contributed by atoms with Gasteiger partial charge in [0, 0.05) is 6.04 Å². The first-order chi connectivity index (χ1) is 12.1. The highest BCUT2D eigenvalue weighted by Crippen LogP contribution is 2.23. The summed E-state index contributed by atoms with van der Waals surface area (Å²) in [6.07, 6.45) is 7.48. The molecule has 1 heterocycles. The first-order valence-electron chi connectivity index (χ1n) is 8.55. The molecule has 25 heavy (non-hydrogen) atoms. The molecule has 132 valence electrons. The largest absolute Gasteiger partial charge is 0.452 e. The Morgan fingerprint density at radius 1 is 1.24 bits per heavy atom. The highest BCUT2D eigenvalue weighted by molar-refractivity contribution is 5.91. The monoisotopic (exact) mass is 342 g/mol. The average molecular weight is 342 g/mol. The first-order valence-corrected chi connectivity index (χ1v) is 8.55. The molecule has 1 aromatic heterocycles. The van der Waals surface area contributed by atoms with E-state index in [0.717, 1.165) is 24.9 Å². The Labute approximate surface area is 146 Å². The topological polar surface area (TPSA) is 86.1 Å². The van der Waals surface area contributed by atoms with Gasteiger partial charge in [-0.25, -0.2) is 14.5 Å². The predicted molar refractivity (Wildman–Crippen MR) is 91.2 cm³/mol. The molecule has 1 N–H and O–H groups in total. The first kappa shape index (κ1) is 17.1. The molecule has 0 radical (unpaired) electrons. The molecule has 0 bridgehead atoms. The van der Waals surface area contributed by atoms with E-state index in [0.29, 0.717) is 11.5 Å². The second-order valence-electron chi connectivity index (χ2n) is 6.40. The summed E-state index contributed by atoms with van der Waals surface area (Å²) in [6, 6.07) is 6.95. The number of esters is 1. The number of carbonyl (C=O) groups is 2. The van der Waals surface area contributed by atoms with E-state index in [9.17, 15) is 9.59 Å². The molecule has 2 aromatic rings. The standard InChI is InChI=1S/C18H22N4O3/c1-13-4-2-3-5-16(13)21-17(23)10-25-18(24)14-6-8-15(9-7-14)22-12-19-11-20-22/h6-9,11-13,16H,2-5,10H2,1H3,(H,21,23)/t13-,16-/m1/s1. The summed E-state index contributed by atoms with van der Waals surface area (Å²) >= 11 is 0. The maximum Gasteiger partial charge on any atom is 0.338 e. The van der Waals surface area contributed by atoms with Gasteiger partial charge in [-0.3, -0.25) is 4.79 Å². The average Bonchev–Trinajstić information content (AvgIpc) is 3.16. The maximum atomic E-state index is 12.1. The van der Waals surface area contributed by atoms with Gasteiger partial charge in [-0.15, -0.1) is 0 Å². The van der Waals surface area contributed by atoms with E-state index < -0.39 is 5.97 Å².